The van der Waals surface area contributed by atoms with Crippen LogP contribution in [0.15, 0.2) is 76.4 Å². The first-order chi connectivity index (χ1) is 16.9. The molecule has 186 valence electrons. The Morgan fingerprint density at radius 2 is 1.77 bits per heavy atom. The van der Waals surface area contributed by atoms with Crippen molar-refractivity contribution in [3.8, 4) is 5.75 Å². The van der Waals surface area contributed by atoms with Gasteiger partial charge in [0.25, 0.3) is 5.56 Å². The number of nitrogens with one attached hydrogen (secondary N) is 1. The average Bonchev–Trinajstić information content (AvgIpc) is 3.68. The third-order valence-corrected chi connectivity index (χ3v) is 7.69. The van der Waals surface area contributed by atoms with Crippen LogP contribution in [0.1, 0.15) is 36.3 Å². The lowest BCUT2D eigenvalue weighted by atomic mass is 9.93. The van der Waals surface area contributed by atoms with Crippen molar-refractivity contribution in [2.45, 2.75) is 31.9 Å². The molecule has 1 N–H and O–H groups in total. The predicted octanol–water partition coefficient (Wildman–Crippen LogP) is 2.94. The summed E-state index contributed by atoms with van der Waals surface area (Å²) in [6.07, 6.45) is 4.04. The molecule has 1 saturated carbocycles. The highest BCUT2D eigenvalue weighted by molar-refractivity contribution is 7.91. The summed E-state index contributed by atoms with van der Waals surface area (Å²) in [6, 6.07) is 18.6. The number of aromatic nitrogens is 2. The Hall–Kier alpha value is -3.17. The maximum Gasteiger partial charge on any atom is 0.330 e. The highest BCUT2D eigenvalue weighted by Gasteiger charge is 2.24. The lowest BCUT2D eigenvalue weighted by Crippen LogP contribution is -2.29. The standard InChI is InChI=1S/C26H30N2O6S/c29-25-12-13-28(26(30)27-25)19-33-14-5-15-35(31,32)18-24(21-6-2-1-3-7-21)22-8-4-9-23(16-22)34-17-20-10-11-20/h1-4,6-9,12-13,16,20,24H,5,10-11,14-15,17-19H2,(H,27,29,30). The molecule has 0 bridgehead atoms. The van der Waals surface area contributed by atoms with Crippen LogP contribution in [0.5, 0.6) is 5.75 Å². The SMILES string of the molecule is O=c1ccn(COCCCS(=O)(=O)CC(c2ccccc2)c2cccc(OCC3CC3)c2)c(=O)[nH]1. The van der Waals surface area contributed by atoms with Crippen molar-refractivity contribution < 1.29 is 17.9 Å². The van der Waals surface area contributed by atoms with Crippen LogP contribution in [0.3, 0.4) is 0 Å². The number of aromatic amines is 1. The first-order valence-electron chi connectivity index (χ1n) is 11.8. The van der Waals surface area contributed by atoms with Crippen molar-refractivity contribution in [3.05, 3.63) is 98.8 Å². The monoisotopic (exact) mass is 498 g/mol. The molecular formula is C26H30N2O6S. The van der Waals surface area contributed by atoms with Gasteiger partial charge in [-0.3, -0.25) is 14.3 Å². The lowest BCUT2D eigenvalue weighted by molar-refractivity contribution is 0.0745. The molecule has 1 aliphatic carbocycles. The minimum absolute atomic E-state index is 0.0253. The largest absolute Gasteiger partial charge is 0.493 e. The van der Waals surface area contributed by atoms with E-state index < -0.39 is 21.1 Å². The minimum Gasteiger partial charge on any atom is -0.493 e. The van der Waals surface area contributed by atoms with Gasteiger partial charge in [-0.25, -0.2) is 13.2 Å². The van der Waals surface area contributed by atoms with Crippen LogP contribution in [0.2, 0.25) is 0 Å². The van der Waals surface area contributed by atoms with Gasteiger partial charge in [-0.05, 0) is 48.4 Å². The Labute approximate surface area is 204 Å². The van der Waals surface area contributed by atoms with E-state index in [4.69, 9.17) is 9.47 Å². The van der Waals surface area contributed by atoms with E-state index in [1.165, 1.54) is 29.7 Å². The molecule has 9 heteroatoms. The van der Waals surface area contributed by atoms with Crippen LogP contribution in [-0.4, -0.2) is 42.7 Å². The van der Waals surface area contributed by atoms with Crippen molar-refractivity contribution in [3.63, 3.8) is 0 Å². The van der Waals surface area contributed by atoms with Crippen molar-refractivity contribution in [1.82, 2.24) is 9.55 Å². The van der Waals surface area contributed by atoms with Crippen LogP contribution in [-0.2, 0) is 21.3 Å². The summed E-state index contributed by atoms with van der Waals surface area (Å²) >= 11 is 0. The molecule has 1 fully saturated rings. The number of hydrogen-bond donors (Lipinski definition) is 1. The Balaban J connectivity index is 1.37. The Morgan fingerprint density at radius 3 is 2.51 bits per heavy atom. The number of benzene rings is 2. The summed E-state index contributed by atoms with van der Waals surface area (Å²) in [5.41, 5.74) is 0.787. The summed E-state index contributed by atoms with van der Waals surface area (Å²) < 4.78 is 38.6. The van der Waals surface area contributed by atoms with E-state index in [9.17, 15) is 18.0 Å². The molecule has 1 aromatic heterocycles. The van der Waals surface area contributed by atoms with E-state index in [1.54, 1.807) is 0 Å². The van der Waals surface area contributed by atoms with E-state index in [0.717, 1.165) is 16.9 Å². The average molecular weight is 499 g/mol. The molecular weight excluding hydrogens is 468 g/mol. The fraction of sp³-hybridized carbons (Fsp3) is 0.385. The van der Waals surface area contributed by atoms with Gasteiger partial charge in [0, 0.05) is 24.8 Å². The van der Waals surface area contributed by atoms with Crippen LogP contribution in [0.4, 0.5) is 0 Å². The van der Waals surface area contributed by atoms with Crippen LogP contribution in [0, 0.1) is 5.92 Å². The van der Waals surface area contributed by atoms with Gasteiger partial charge in [0.1, 0.15) is 12.5 Å². The molecule has 1 unspecified atom stereocenters. The molecule has 8 nitrogen and oxygen atoms in total. The van der Waals surface area contributed by atoms with Gasteiger partial charge in [0.05, 0.1) is 18.1 Å². The molecule has 35 heavy (non-hydrogen) atoms. The number of nitrogens with zero attached hydrogens (tertiary/aromatic N) is 1. The fourth-order valence-corrected chi connectivity index (χ4v) is 5.43. The first kappa shape index (κ1) is 24.9. The maximum atomic E-state index is 13.0. The molecule has 0 saturated heterocycles. The topological polar surface area (TPSA) is 107 Å². The van der Waals surface area contributed by atoms with Crippen molar-refractivity contribution in [2.24, 2.45) is 5.92 Å². The Bertz CT molecular complexity index is 1330. The third-order valence-electron chi connectivity index (χ3n) is 5.94. The maximum absolute atomic E-state index is 13.0. The van der Waals surface area contributed by atoms with Crippen molar-refractivity contribution in [2.75, 3.05) is 24.7 Å². The highest BCUT2D eigenvalue weighted by atomic mass is 32.2. The summed E-state index contributed by atoms with van der Waals surface area (Å²) in [4.78, 5) is 24.9. The van der Waals surface area contributed by atoms with Crippen LogP contribution in [0.25, 0.3) is 0 Å². The van der Waals surface area contributed by atoms with Crippen molar-refractivity contribution in [1.29, 1.82) is 0 Å². The zero-order chi connectivity index (χ0) is 24.7. The van der Waals surface area contributed by atoms with Gasteiger partial charge < -0.3 is 9.47 Å². The fourth-order valence-electron chi connectivity index (χ4n) is 3.82. The van der Waals surface area contributed by atoms with E-state index in [1.807, 2.05) is 54.6 Å². The van der Waals surface area contributed by atoms with Gasteiger partial charge >= 0.3 is 5.69 Å². The summed E-state index contributed by atoms with van der Waals surface area (Å²) in [6.45, 7) is 0.810. The highest BCUT2D eigenvalue weighted by Crippen LogP contribution is 2.32. The van der Waals surface area contributed by atoms with E-state index in [-0.39, 0.29) is 30.8 Å². The minimum atomic E-state index is -3.40. The number of hydrogen-bond acceptors (Lipinski definition) is 6. The molecule has 2 aromatic carbocycles. The number of ether oxygens (including phenoxy) is 2. The molecule has 0 aliphatic heterocycles. The molecule has 1 aliphatic rings. The van der Waals surface area contributed by atoms with Gasteiger partial charge in [0.15, 0.2) is 9.84 Å². The Morgan fingerprint density at radius 1 is 1.00 bits per heavy atom. The second kappa shape index (κ2) is 11.5. The zero-order valence-corrected chi connectivity index (χ0v) is 20.3. The molecule has 0 spiro atoms. The lowest BCUT2D eigenvalue weighted by Gasteiger charge is -2.19. The Kier molecular flexibility index (Phi) is 8.20. The molecule has 4 rings (SSSR count). The van der Waals surface area contributed by atoms with Crippen LogP contribution >= 0.6 is 0 Å². The van der Waals surface area contributed by atoms with Crippen molar-refractivity contribution >= 4 is 9.84 Å². The van der Waals surface area contributed by atoms with E-state index in [0.29, 0.717) is 18.9 Å². The second-order valence-electron chi connectivity index (χ2n) is 8.88. The third kappa shape index (κ3) is 7.66. The smallest absolute Gasteiger partial charge is 0.330 e. The van der Waals surface area contributed by atoms with Crippen LogP contribution < -0.4 is 16.0 Å². The number of H-pyrrole nitrogens is 1. The van der Waals surface area contributed by atoms with E-state index in [2.05, 4.69) is 4.98 Å². The van der Waals surface area contributed by atoms with Gasteiger partial charge in [-0.2, -0.15) is 0 Å². The molecule has 3 aromatic rings. The van der Waals surface area contributed by atoms with Gasteiger partial charge in [-0.15, -0.1) is 0 Å². The summed E-state index contributed by atoms with van der Waals surface area (Å²) in [7, 11) is -3.40. The quantitative estimate of drug-likeness (QED) is 0.363. The first-order valence-corrected chi connectivity index (χ1v) is 13.6. The molecule has 0 amide bonds. The van der Waals surface area contributed by atoms with Gasteiger partial charge in [-0.1, -0.05) is 42.5 Å². The number of rotatable bonds is 13. The zero-order valence-electron chi connectivity index (χ0n) is 19.5. The number of sulfone groups is 1. The predicted molar refractivity (Wildman–Crippen MR) is 133 cm³/mol. The van der Waals surface area contributed by atoms with E-state index >= 15 is 0 Å². The molecule has 1 atom stereocenters. The van der Waals surface area contributed by atoms with Gasteiger partial charge in [0.2, 0.25) is 0 Å². The second-order valence-corrected chi connectivity index (χ2v) is 11.1. The summed E-state index contributed by atoms with van der Waals surface area (Å²) in [5, 5.41) is 0. The summed E-state index contributed by atoms with van der Waals surface area (Å²) in [5.74, 6) is 1.02. The molecule has 0 radical (unpaired) electrons. The molecule has 1 heterocycles. The normalized spacial score (nSPS) is 14.5.